The normalized spacial score (nSPS) is 12.2. The quantitative estimate of drug-likeness (QED) is 0.123. The van der Waals surface area contributed by atoms with Crippen LogP contribution in [0.2, 0.25) is 0 Å². The van der Waals surface area contributed by atoms with E-state index < -0.39 is 23.5 Å². The second-order valence-electron chi connectivity index (χ2n) is 11.4. The lowest BCUT2D eigenvalue weighted by Crippen LogP contribution is -2.61. The van der Waals surface area contributed by atoms with Crippen LogP contribution in [0.15, 0.2) is 109 Å². The Bertz CT molecular complexity index is 1560. The fraction of sp³-hybridized carbons (Fsp3) is 0.270. The first-order valence-corrected chi connectivity index (χ1v) is 15.0. The molecular weight excluding hydrogens is 568 g/mol. The van der Waals surface area contributed by atoms with E-state index in [4.69, 9.17) is 9.47 Å². The molecule has 1 atom stereocenters. The lowest BCUT2D eigenvalue weighted by molar-refractivity contribution is -0.144. The van der Waals surface area contributed by atoms with Gasteiger partial charge in [0.05, 0.1) is 13.5 Å². The van der Waals surface area contributed by atoms with Crippen molar-refractivity contribution in [2.45, 2.75) is 38.6 Å². The molecule has 45 heavy (non-hydrogen) atoms. The molecule has 0 saturated carbocycles. The first-order chi connectivity index (χ1) is 21.7. The zero-order valence-corrected chi connectivity index (χ0v) is 25.9. The molecule has 0 saturated heterocycles. The largest absolute Gasteiger partial charge is 0.493 e. The Morgan fingerprint density at radius 1 is 0.756 bits per heavy atom. The van der Waals surface area contributed by atoms with Gasteiger partial charge in [0, 0.05) is 25.9 Å². The fourth-order valence-corrected chi connectivity index (χ4v) is 5.20. The van der Waals surface area contributed by atoms with Crippen molar-refractivity contribution < 1.29 is 29.0 Å². The molecule has 8 nitrogen and oxygen atoms in total. The van der Waals surface area contributed by atoms with Crippen LogP contribution < -0.4 is 14.8 Å². The van der Waals surface area contributed by atoms with Crippen molar-refractivity contribution in [1.29, 1.82) is 0 Å². The number of benzene rings is 4. The monoisotopic (exact) mass is 608 g/mol. The van der Waals surface area contributed by atoms with Crippen LogP contribution in [0, 0.1) is 5.92 Å². The third kappa shape index (κ3) is 9.19. The van der Waals surface area contributed by atoms with Gasteiger partial charge in [-0.2, -0.15) is 0 Å². The lowest BCUT2D eigenvalue weighted by Gasteiger charge is -2.34. The Hall–Kier alpha value is -5.11. The maximum absolute atomic E-state index is 13.9. The van der Waals surface area contributed by atoms with Gasteiger partial charge in [0.1, 0.15) is 5.54 Å². The molecule has 0 radical (unpaired) electrons. The van der Waals surface area contributed by atoms with Crippen molar-refractivity contribution in [3.63, 3.8) is 0 Å². The van der Waals surface area contributed by atoms with Crippen molar-refractivity contribution in [1.82, 2.24) is 10.2 Å². The number of ether oxygens (including phenoxy) is 2. The minimum absolute atomic E-state index is 0.0464. The Labute approximate surface area is 264 Å². The first kappa shape index (κ1) is 32.8. The summed E-state index contributed by atoms with van der Waals surface area (Å²) >= 11 is 0. The molecule has 8 heteroatoms. The van der Waals surface area contributed by atoms with E-state index in [1.165, 1.54) is 12.0 Å². The van der Waals surface area contributed by atoms with E-state index in [1.807, 2.05) is 98.8 Å². The van der Waals surface area contributed by atoms with E-state index in [0.29, 0.717) is 12.3 Å². The van der Waals surface area contributed by atoms with Crippen LogP contribution in [-0.2, 0) is 22.4 Å². The number of carbonyl (C=O) groups is 3. The molecule has 0 heterocycles. The number of nitrogens with one attached hydrogen (secondary N) is 1. The van der Waals surface area contributed by atoms with Gasteiger partial charge >= 0.3 is 18.0 Å². The number of urea groups is 1. The predicted octanol–water partition coefficient (Wildman–Crippen LogP) is 6.63. The third-order valence-corrected chi connectivity index (χ3v) is 7.42. The van der Waals surface area contributed by atoms with E-state index in [9.17, 15) is 19.5 Å². The minimum atomic E-state index is -1.65. The van der Waals surface area contributed by atoms with Gasteiger partial charge in [0.2, 0.25) is 0 Å². The number of hydrogen-bond acceptors (Lipinski definition) is 5. The molecule has 234 valence electrons. The maximum atomic E-state index is 13.9. The number of nitrogens with zero attached hydrogens (tertiary/aromatic N) is 1. The number of hydrogen-bond donors (Lipinski definition) is 2. The zero-order valence-electron chi connectivity index (χ0n) is 25.9. The number of aliphatic carboxylic acids is 1. The molecule has 0 aliphatic rings. The van der Waals surface area contributed by atoms with Gasteiger partial charge in [-0.05, 0) is 40.3 Å². The summed E-state index contributed by atoms with van der Waals surface area (Å²) in [6.45, 7) is 4.28. The SMILES string of the molecule is COc1ccccc1OC(=O)CCN(CC(C)C)C(=O)NC(Cc1ccccc1)(Cc1ccc(-c2ccccc2)cc1)C(=O)O. The fourth-order valence-electron chi connectivity index (χ4n) is 5.20. The molecule has 2 amide bonds. The highest BCUT2D eigenvalue weighted by atomic mass is 16.6. The number of esters is 1. The molecule has 2 N–H and O–H groups in total. The lowest BCUT2D eigenvalue weighted by atomic mass is 9.84. The van der Waals surface area contributed by atoms with Gasteiger partial charge in [-0.15, -0.1) is 0 Å². The molecule has 0 aliphatic heterocycles. The number of carboxylic acids is 1. The topological polar surface area (TPSA) is 105 Å². The minimum Gasteiger partial charge on any atom is -0.493 e. The van der Waals surface area contributed by atoms with Gasteiger partial charge in [-0.3, -0.25) is 4.79 Å². The number of amides is 2. The summed E-state index contributed by atoms with van der Waals surface area (Å²) in [4.78, 5) is 41.2. The molecule has 0 fully saturated rings. The molecular formula is C37H40N2O6. The van der Waals surface area contributed by atoms with Crippen LogP contribution >= 0.6 is 0 Å². The maximum Gasteiger partial charge on any atom is 0.330 e. The van der Waals surface area contributed by atoms with E-state index in [-0.39, 0.29) is 37.5 Å². The van der Waals surface area contributed by atoms with Crippen LogP contribution in [0.1, 0.15) is 31.4 Å². The highest BCUT2D eigenvalue weighted by Gasteiger charge is 2.41. The summed E-state index contributed by atoms with van der Waals surface area (Å²) in [5.41, 5.74) is 1.95. The summed E-state index contributed by atoms with van der Waals surface area (Å²) in [5, 5.41) is 13.6. The van der Waals surface area contributed by atoms with E-state index >= 15 is 0 Å². The van der Waals surface area contributed by atoms with Crippen molar-refractivity contribution in [2.75, 3.05) is 20.2 Å². The molecule has 0 aromatic heterocycles. The Balaban J connectivity index is 1.56. The highest BCUT2D eigenvalue weighted by Crippen LogP contribution is 2.27. The average Bonchev–Trinajstić information content (AvgIpc) is 3.04. The average molecular weight is 609 g/mol. The number of carbonyl (C=O) groups excluding carboxylic acids is 2. The molecule has 0 bridgehead atoms. The van der Waals surface area contributed by atoms with E-state index in [1.54, 1.807) is 24.3 Å². The number of rotatable bonds is 14. The van der Waals surface area contributed by atoms with E-state index in [0.717, 1.165) is 22.3 Å². The Morgan fingerprint density at radius 3 is 1.87 bits per heavy atom. The van der Waals surface area contributed by atoms with Crippen LogP contribution in [0.3, 0.4) is 0 Å². The highest BCUT2D eigenvalue weighted by molar-refractivity contribution is 5.87. The predicted molar refractivity (Wildman–Crippen MR) is 174 cm³/mol. The second kappa shape index (κ2) is 15.6. The van der Waals surface area contributed by atoms with Gasteiger partial charge in [0.15, 0.2) is 11.5 Å². The van der Waals surface area contributed by atoms with Crippen LogP contribution in [0.5, 0.6) is 11.5 Å². The first-order valence-electron chi connectivity index (χ1n) is 15.0. The molecule has 1 unspecified atom stereocenters. The van der Waals surface area contributed by atoms with Gasteiger partial charge < -0.3 is 24.8 Å². The number of para-hydroxylation sites is 2. The summed E-state index contributed by atoms with van der Waals surface area (Å²) in [7, 11) is 1.49. The molecule has 4 rings (SSSR count). The zero-order chi connectivity index (χ0) is 32.2. The summed E-state index contributed by atoms with van der Waals surface area (Å²) in [5.74, 6) is -0.900. The summed E-state index contributed by atoms with van der Waals surface area (Å²) in [6.07, 6.45) is 0.0437. The summed E-state index contributed by atoms with van der Waals surface area (Å²) < 4.78 is 10.8. The molecule has 0 spiro atoms. The van der Waals surface area contributed by atoms with Crippen LogP contribution in [-0.4, -0.2) is 53.7 Å². The van der Waals surface area contributed by atoms with E-state index in [2.05, 4.69) is 5.32 Å². The van der Waals surface area contributed by atoms with Gasteiger partial charge in [-0.1, -0.05) is 111 Å². The third-order valence-electron chi connectivity index (χ3n) is 7.42. The van der Waals surface area contributed by atoms with Crippen LogP contribution in [0.25, 0.3) is 11.1 Å². The van der Waals surface area contributed by atoms with Crippen LogP contribution in [0.4, 0.5) is 4.79 Å². The van der Waals surface area contributed by atoms with Gasteiger partial charge in [0.25, 0.3) is 0 Å². The molecule has 4 aromatic carbocycles. The van der Waals surface area contributed by atoms with Crippen molar-refractivity contribution in [3.8, 4) is 22.6 Å². The Morgan fingerprint density at radius 2 is 1.29 bits per heavy atom. The van der Waals surface area contributed by atoms with Gasteiger partial charge in [-0.25, -0.2) is 9.59 Å². The summed E-state index contributed by atoms with van der Waals surface area (Å²) in [6, 6.07) is 33.1. The Kier molecular flexibility index (Phi) is 11.3. The number of carboxylic acid groups (broad SMARTS) is 1. The number of methoxy groups -OCH3 is 1. The smallest absolute Gasteiger partial charge is 0.330 e. The standard InChI is InChI=1S/C37H40N2O6/c1-27(2)26-39(23-22-34(40)45-33-17-11-10-16-32(33)44-3)36(43)38-37(35(41)42,24-28-12-6-4-7-13-28)25-29-18-20-31(21-19-29)30-14-8-5-9-15-30/h4-21,27H,22-26H2,1-3H3,(H,38,43)(H,41,42). The van der Waals surface area contributed by atoms with Crippen molar-refractivity contribution >= 4 is 18.0 Å². The van der Waals surface area contributed by atoms with Crippen molar-refractivity contribution in [2.24, 2.45) is 5.92 Å². The molecule has 0 aliphatic carbocycles. The van der Waals surface area contributed by atoms with Crippen molar-refractivity contribution in [3.05, 3.63) is 120 Å². The molecule has 4 aromatic rings. The second-order valence-corrected chi connectivity index (χ2v) is 11.4.